The first-order valence-electron chi connectivity index (χ1n) is 9.58. The van der Waals surface area contributed by atoms with Crippen molar-refractivity contribution in [1.29, 1.82) is 0 Å². The van der Waals surface area contributed by atoms with Crippen LogP contribution in [0.3, 0.4) is 0 Å². The standard InChI is InChI=1S/C22H26ClN3O4/c1-13(2)30-20-9-5-15(12-17(20)23)22(29)26-18(19(27)8-10-21(25)28)11-14-3-6-16(24)7-4-14/h3-7,9,12-13,18H,8,10-11,24H2,1-2H3,(H2,25,28)(H,26,29). The molecule has 0 aliphatic heterocycles. The Morgan fingerprint density at radius 3 is 2.30 bits per heavy atom. The normalized spacial score (nSPS) is 11.7. The molecule has 0 aromatic heterocycles. The van der Waals surface area contributed by atoms with Crippen molar-refractivity contribution < 1.29 is 19.1 Å². The summed E-state index contributed by atoms with van der Waals surface area (Å²) in [4.78, 5) is 36.4. The highest BCUT2D eigenvalue weighted by Crippen LogP contribution is 2.26. The molecule has 2 aromatic rings. The monoisotopic (exact) mass is 431 g/mol. The van der Waals surface area contributed by atoms with E-state index in [9.17, 15) is 14.4 Å². The molecule has 0 heterocycles. The second kappa shape index (κ2) is 10.6. The van der Waals surface area contributed by atoms with Crippen molar-refractivity contribution in [3.63, 3.8) is 0 Å². The van der Waals surface area contributed by atoms with Gasteiger partial charge in [0, 0.05) is 24.1 Å². The number of ether oxygens (including phenoxy) is 1. The molecule has 30 heavy (non-hydrogen) atoms. The summed E-state index contributed by atoms with van der Waals surface area (Å²) in [5.41, 5.74) is 12.6. The van der Waals surface area contributed by atoms with Gasteiger partial charge in [-0.3, -0.25) is 14.4 Å². The predicted octanol–water partition coefficient (Wildman–Crippen LogP) is 2.89. The summed E-state index contributed by atoms with van der Waals surface area (Å²) < 4.78 is 5.57. The lowest BCUT2D eigenvalue weighted by atomic mass is 9.98. The summed E-state index contributed by atoms with van der Waals surface area (Å²) >= 11 is 6.21. The summed E-state index contributed by atoms with van der Waals surface area (Å²) in [6.45, 7) is 3.74. The van der Waals surface area contributed by atoms with Crippen molar-refractivity contribution in [1.82, 2.24) is 5.32 Å². The molecule has 160 valence electrons. The Labute approximate surface area is 180 Å². The quantitative estimate of drug-likeness (QED) is 0.499. The first-order chi connectivity index (χ1) is 14.2. The fourth-order valence-electron chi connectivity index (χ4n) is 2.79. The number of carbonyl (C=O) groups is 3. The molecular weight excluding hydrogens is 406 g/mol. The van der Waals surface area contributed by atoms with Crippen LogP contribution in [0.25, 0.3) is 0 Å². The number of nitrogens with two attached hydrogens (primary N) is 2. The number of primary amides is 1. The fraction of sp³-hybridized carbons (Fsp3) is 0.318. The van der Waals surface area contributed by atoms with Gasteiger partial charge in [0.05, 0.1) is 17.2 Å². The lowest BCUT2D eigenvalue weighted by Crippen LogP contribution is -2.42. The molecule has 0 fully saturated rings. The number of Topliss-reactive ketones (excluding diaryl/α,β-unsaturated/α-hetero) is 1. The van der Waals surface area contributed by atoms with Crippen LogP contribution in [0.5, 0.6) is 5.75 Å². The van der Waals surface area contributed by atoms with E-state index < -0.39 is 17.9 Å². The summed E-state index contributed by atoms with van der Waals surface area (Å²) in [6.07, 6.45) is 0.0534. The number of amides is 2. The first kappa shape index (κ1) is 23.2. The number of benzene rings is 2. The fourth-order valence-corrected chi connectivity index (χ4v) is 3.01. The van der Waals surface area contributed by atoms with E-state index in [4.69, 9.17) is 27.8 Å². The Morgan fingerprint density at radius 1 is 1.07 bits per heavy atom. The zero-order valence-corrected chi connectivity index (χ0v) is 17.7. The minimum absolute atomic E-state index is 0.0584. The number of anilines is 1. The maximum absolute atomic E-state index is 12.8. The Balaban J connectivity index is 2.17. The topological polar surface area (TPSA) is 125 Å². The van der Waals surface area contributed by atoms with Crippen molar-refractivity contribution in [2.24, 2.45) is 5.73 Å². The van der Waals surface area contributed by atoms with Crippen molar-refractivity contribution in [3.8, 4) is 5.75 Å². The van der Waals surface area contributed by atoms with Crippen molar-refractivity contribution >= 4 is 34.9 Å². The van der Waals surface area contributed by atoms with E-state index in [1.165, 1.54) is 6.07 Å². The van der Waals surface area contributed by atoms with E-state index in [1.54, 1.807) is 36.4 Å². The van der Waals surface area contributed by atoms with Crippen LogP contribution in [-0.2, 0) is 16.0 Å². The maximum Gasteiger partial charge on any atom is 0.251 e. The lowest BCUT2D eigenvalue weighted by molar-refractivity contribution is -0.124. The SMILES string of the molecule is CC(C)Oc1ccc(C(=O)NC(Cc2ccc(N)cc2)C(=O)CCC(N)=O)cc1Cl. The molecular formula is C22H26ClN3O4. The second-order valence-corrected chi connectivity index (χ2v) is 7.62. The third-order valence-electron chi connectivity index (χ3n) is 4.29. The van der Waals surface area contributed by atoms with Gasteiger partial charge in [-0.15, -0.1) is 0 Å². The van der Waals surface area contributed by atoms with Gasteiger partial charge in [0.25, 0.3) is 5.91 Å². The number of hydrogen-bond donors (Lipinski definition) is 3. The van der Waals surface area contributed by atoms with Crippen LogP contribution in [0.1, 0.15) is 42.6 Å². The van der Waals surface area contributed by atoms with E-state index in [1.807, 2.05) is 13.8 Å². The average Bonchev–Trinajstić information content (AvgIpc) is 2.68. The highest BCUT2D eigenvalue weighted by molar-refractivity contribution is 6.32. The van der Waals surface area contributed by atoms with Gasteiger partial charge in [0.2, 0.25) is 5.91 Å². The highest BCUT2D eigenvalue weighted by atomic mass is 35.5. The van der Waals surface area contributed by atoms with Crippen LogP contribution in [-0.4, -0.2) is 29.7 Å². The van der Waals surface area contributed by atoms with Crippen LogP contribution < -0.4 is 21.5 Å². The van der Waals surface area contributed by atoms with Gasteiger partial charge in [-0.05, 0) is 56.2 Å². The predicted molar refractivity (Wildman–Crippen MR) is 116 cm³/mol. The first-order valence-corrected chi connectivity index (χ1v) is 9.96. The molecule has 0 aliphatic carbocycles. The number of carbonyl (C=O) groups excluding carboxylic acids is 3. The molecule has 0 spiro atoms. The Bertz CT molecular complexity index is 913. The molecule has 7 nitrogen and oxygen atoms in total. The lowest BCUT2D eigenvalue weighted by Gasteiger charge is -2.18. The zero-order valence-electron chi connectivity index (χ0n) is 17.0. The smallest absolute Gasteiger partial charge is 0.251 e. The highest BCUT2D eigenvalue weighted by Gasteiger charge is 2.23. The summed E-state index contributed by atoms with van der Waals surface area (Å²) in [5, 5.41) is 3.03. The van der Waals surface area contributed by atoms with Crippen LogP contribution in [0.4, 0.5) is 5.69 Å². The number of ketones is 1. The average molecular weight is 432 g/mol. The molecule has 0 saturated carbocycles. The Hall–Kier alpha value is -3.06. The largest absolute Gasteiger partial charge is 0.489 e. The molecule has 2 amide bonds. The van der Waals surface area contributed by atoms with Crippen LogP contribution >= 0.6 is 11.6 Å². The van der Waals surface area contributed by atoms with Gasteiger partial charge in [-0.2, -0.15) is 0 Å². The molecule has 0 radical (unpaired) electrons. The number of hydrogen-bond acceptors (Lipinski definition) is 5. The number of nitrogen functional groups attached to an aromatic ring is 1. The molecule has 5 N–H and O–H groups in total. The molecule has 8 heteroatoms. The van der Waals surface area contributed by atoms with Gasteiger partial charge in [-0.25, -0.2) is 0 Å². The van der Waals surface area contributed by atoms with Gasteiger partial charge in [0.1, 0.15) is 5.75 Å². The molecule has 1 unspecified atom stereocenters. The minimum Gasteiger partial charge on any atom is -0.489 e. The van der Waals surface area contributed by atoms with E-state index in [-0.39, 0.29) is 31.1 Å². The van der Waals surface area contributed by atoms with Gasteiger partial charge < -0.3 is 21.5 Å². The molecule has 2 aromatic carbocycles. The minimum atomic E-state index is -0.828. The third-order valence-corrected chi connectivity index (χ3v) is 4.58. The number of halogens is 1. The van der Waals surface area contributed by atoms with Crippen LogP contribution in [0, 0.1) is 0 Å². The van der Waals surface area contributed by atoms with Crippen molar-refractivity contribution in [2.75, 3.05) is 5.73 Å². The molecule has 0 bridgehead atoms. The molecule has 0 saturated heterocycles. The summed E-state index contributed by atoms with van der Waals surface area (Å²) in [7, 11) is 0. The third kappa shape index (κ3) is 7.08. The zero-order chi connectivity index (χ0) is 22.3. The van der Waals surface area contributed by atoms with E-state index in [0.29, 0.717) is 22.0 Å². The van der Waals surface area contributed by atoms with Gasteiger partial charge >= 0.3 is 0 Å². The second-order valence-electron chi connectivity index (χ2n) is 7.22. The number of nitrogens with one attached hydrogen (secondary N) is 1. The molecule has 2 rings (SSSR count). The summed E-state index contributed by atoms with van der Waals surface area (Å²) in [5.74, 6) is -0.849. The number of rotatable bonds is 10. The van der Waals surface area contributed by atoms with Crippen molar-refractivity contribution in [2.45, 2.75) is 45.3 Å². The summed E-state index contributed by atoms with van der Waals surface area (Å²) in [6, 6.07) is 10.8. The van der Waals surface area contributed by atoms with Gasteiger partial charge in [-0.1, -0.05) is 23.7 Å². The molecule has 1 atom stereocenters. The Morgan fingerprint density at radius 2 is 1.73 bits per heavy atom. The Kier molecular flexibility index (Phi) is 8.24. The van der Waals surface area contributed by atoms with Crippen LogP contribution in [0.15, 0.2) is 42.5 Å². The van der Waals surface area contributed by atoms with E-state index in [0.717, 1.165) is 5.56 Å². The molecule has 0 aliphatic rings. The van der Waals surface area contributed by atoms with Crippen molar-refractivity contribution in [3.05, 3.63) is 58.6 Å². The van der Waals surface area contributed by atoms with E-state index in [2.05, 4.69) is 5.32 Å². The van der Waals surface area contributed by atoms with E-state index >= 15 is 0 Å². The van der Waals surface area contributed by atoms with Crippen LogP contribution in [0.2, 0.25) is 5.02 Å². The maximum atomic E-state index is 12.8. The van der Waals surface area contributed by atoms with Gasteiger partial charge in [0.15, 0.2) is 5.78 Å².